The zero-order chi connectivity index (χ0) is 23.7. The molecule has 0 saturated heterocycles. The standard InChI is InChI=1S/C25H24FN5O3/c1-14-8-21-22(10-19(14)26)31-24(30-21)16-4-7-20(27-11-16)17-12-28-25(29-13-17)34-18-5-2-15(3-6-18)9-23(32)33/h4,7-8,10-13,15,18H,2-3,5-6,9H2,1H3,(H,30,31)(H,32,33). The van der Waals surface area contributed by atoms with Crippen LogP contribution in [-0.2, 0) is 4.79 Å². The lowest BCUT2D eigenvalue weighted by atomic mass is 9.85. The smallest absolute Gasteiger partial charge is 0.316 e. The van der Waals surface area contributed by atoms with Gasteiger partial charge in [0.1, 0.15) is 17.7 Å². The number of halogens is 1. The van der Waals surface area contributed by atoms with Gasteiger partial charge < -0.3 is 14.8 Å². The molecule has 0 amide bonds. The predicted octanol–water partition coefficient (Wildman–Crippen LogP) is 4.94. The van der Waals surface area contributed by atoms with Crippen LogP contribution in [0.25, 0.3) is 33.7 Å². The van der Waals surface area contributed by atoms with Crippen molar-refractivity contribution in [2.45, 2.75) is 45.1 Å². The van der Waals surface area contributed by atoms with E-state index >= 15 is 0 Å². The summed E-state index contributed by atoms with van der Waals surface area (Å²) < 4.78 is 19.7. The molecule has 1 saturated carbocycles. The van der Waals surface area contributed by atoms with E-state index < -0.39 is 5.97 Å². The van der Waals surface area contributed by atoms with Gasteiger partial charge in [-0.05, 0) is 62.3 Å². The Kier molecular flexibility index (Phi) is 5.91. The number of aliphatic carboxylic acids is 1. The summed E-state index contributed by atoms with van der Waals surface area (Å²) in [5.74, 6) is -0.179. The fourth-order valence-electron chi connectivity index (χ4n) is 4.34. The molecule has 0 radical (unpaired) electrons. The summed E-state index contributed by atoms with van der Waals surface area (Å²) in [5.41, 5.74) is 4.17. The van der Waals surface area contributed by atoms with Crippen LogP contribution in [0.4, 0.5) is 4.39 Å². The van der Waals surface area contributed by atoms with Gasteiger partial charge in [-0.1, -0.05) is 0 Å². The average molecular weight is 461 g/mol. The number of aromatic amines is 1. The van der Waals surface area contributed by atoms with Crippen LogP contribution < -0.4 is 4.74 Å². The van der Waals surface area contributed by atoms with Crippen LogP contribution >= 0.6 is 0 Å². The topological polar surface area (TPSA) is 114 Å². The number of carboxylic acids is 1. The first-order valence-electron chi connectivity index (χ1n) is 11.3. The molecule has 0 aliphatic heterocycles. The van der Waals surface area contributed by atoms with Crippen LogP contribution in [0.2, 0.25) is 0 Å². The number of carboxylic acid groups (broad SMARTS) is 1. The van der Waals surface area contributed by atoms with Crippen molar-refractivity contribution in [2.75, 3.05) is 0 Å². The van der Waals surface area contributed by atoms with Crippen molar-refractivity contribution in [3.63, 3.8) is 0 Å². The molecule has 1 aliphatic rings. The lowest BCUT2D eigenvalue weighted by molar-refractivity contribution is -0.138. The molecule has 5 rings (SSSR count). The number of aryl methyl sites for hydroxylation is 1. The van der Waals surface area contributed by atoms with Gasteiger partial charge in [0.25, 0.3) is 0 Å². The second-order valence-electron chi connectivity index (χ2n) is 8.75. The maximum absolute atomic E-state index is 13.8. The molecular weight excluding hydrogens is 437 g/mol. The maximum Gasteiger partial charge on any atom is 0.316 e. The molecule has 4 aromatic rings. The zero-order valence-corrected chi connectivity index (χ0v) is 18.7. The van der Waals surface area contributed by atoms with Gasteiger partial charge in [-0.3, -0.25) is 9.78 Å². The minimum atomic E-state index is -0.743. The average Bonchev–Trinajstić information content (AvgIpc) is 3.23. The lowest BCUT2D eigenvalue weighted by Gasteiger charge is -2.27. The normalized spacial score (nSPS) is 18.2. The van der Waals surface area contributed by atoms with E-state index in [1.54, 1.807) is 31.6 Å². The third kappa shape index (κ3) is 4.73. The Bertz CT molecular complexity index is 1270. The number of ether oxygens (including phenoxy) is 1. The Morgan fingerprint density at radius 2 is 1.82 bits per heavy atom. The Morgan fingerprint density at radius 3 is 2.50 bits per heavy atom. The molecule has 34 heavy (non-hydrogen) atoms. The molecular formula is C25H24FN5O3. The SMILES string of the molecule is Cc1cc2[nH]c(-c3ccc(-c4cnc(OC5CCC(CC(=O)O)CC5)nc4)nc3)nc2cc1F. The number of carbonyl (C=O) groups is 1. The predicted molar refractivity (Wildman–Crippen MR) is 124 cm³/mol. The highest BCUT2D eigenvalue weighted by atomic mass is 19.1. The molecule has 174 valence electrons. The Labute approximate surface area is 195 Å². The van der Waals surface area contributed by atoms with Crippen LogP contribution in [-0.4, -0.2) is 42.1 Å². The summed E-state index contributed by atoms with van der Waals surface area (Å²) in [5, 5.41) is 8.93. The minimum Gasteiger partial charge on any atom is -0.481 e. The van der Waals surface area contributed by atoms with Crippen LogP contribution in [0.5, 0.6) is 6.01 Å². The van der Waals surface area contributed by atoms with E-state index in [0.717, 1.165) is 42.3 Å². The Balaban J connectivity index is 1.23. The summed E-state index contributed by atoms with van der Waals surface area (Å²) in [6.07, 6.45) is 8.57. The van der Waals surface area contributed by atoms with Crippen molar-refractivity contribution in [3.05, 3.63) is 54.2 Å². The number of aromatic nitrogens is 5. The van der Waals surface area contributed by atoms with E-state index in [2.05, 4.69) is 24.9 Å². The monoisotopic (exact) mass is 461 g/mol. The van der Waals surface area contributed by atoms with E-state index in [1.165, 1.54) is 6.07 Å². The van der Waals surface area contributed by atoms with E-state index in [9.17, 15) is 9.18 Å². The molecule has 0 bridgehead atoms. The Hall–Kier alpha value is -3.88. The van der Waals surface area contributed by atoms with E-state index in [4.69, 9.17) is 9.84 Å². The largest absolute Gasteiger partial charge is 0.481 e. The molecule has 1 aliphatic carbocycles. The van der Waals surface area contributed by atoms with Gasteiger partial charge in [-0.2, -0.15) is 0 Å². The maximum atomic E-state index is 13.8. The van der Waals surface area contributed by atoms with Gasteiger partial charge in [0.05, 0.1) is 16.7 Å². The highest BCUT2D eigenvalue weighted by molar-refractivity contribution is 5.80. The van der Waals surface area contributed by atoms with Crippen molar-refractivity contribution >= 4 is 17.0 Å². The molecule has 3 heterocycles. The van der Waals surface area contributed by atoms with Crippen LogP contribution in [0.15, 0.2) is 42.9 Å². The third-order valence-corrected chi connectivity index (χ3v) is 6.25. The van der Waals surface area contributed by atoms with Gasteiger partial charge >= 0.3 is 12.0 Å². The fraction of sp³-hybridized carbons (Fsp3) is 0.320. The van der Waals surface area contributed by atoms with Gasteiger partial charge in [0.15, 0.2) is 0 Å². The number of nitrogens with one attached hydrogen (secondary N) is 1. The summed E-state index contributed by atoms with van der Waals surface area (Å²) in [4.78, 5) is 31.7. The first-order valence-corrected chi connectivity index (χ1v) is 11.3. The second kappa shape index (κ2) is 9.17. The second-order valence-corrected chi connectivity index (χ2v) is 8.75. The van der Waals surface area contributed by atoms with Crippen molar-refractivity contribution in [2.24, 2.45) is 5.92 Å². The zero-order valence-electron chi connectivity index (χ0n) is 18.7. The number of hydrogen-bond donors (Lipinski definition) is 2. The lowest BCUT2D eigenvalue weighted by Crippen LogP contribution is -2.25. The number of H-pyrrole nitrogens is 1. The first kappa shape index (κ1) is 21.9. The highest BCUT2D eigenvalue weighted by Gasteiger charge is 2.24. The Morgan fingerprint density at radius 1 is 1.09 bits per heavy atom. The van der Waals surface area contributed by atoms with Crippen LogP contribution in [0, 0.1) is 18.7 Å². The summed E-state index contributed by atoms with van der Waals surface area (Å²) in [7, 11) is 0. The van der Waals surface area contributed by atoms with Gasteiger partial charge in [0, 0.05) is 42.2 Å². The van der Waals surface area contributed by atoms with Crippen molar-refractivity contribution in [1.29, 1.82) is 0 Å². The third-order valence-electron chi connectivity index (χ3n) is 6.25. The summed E-state index contributed by atoms with van der Waals surface area (Å²) in [6, 6.07) is 7.23. The van der Waals surface area contributed by atoms with Crippen molar-refractivity contribution in [3.8, 4) is 28.7 Å². The van der Waals surface area contributed by atoms with E-state index in [0.29, 0.717) is 28.6 Å². The quantitative estimate of drug-likeness (QED) is 0.418. The molecule has 0 spiro atoms. The molecule has 0 atom stereocenters. The number of pyridine rings is 1. The molecule has 3 aromatic heterocycles. The van der Waals surface area contributed by atoms with E-state index in [-0.39, 0.29) is 24.3 Å². The van der Waals surface area contributed by atoms with Crippen LogP contribution in [0.3, 0.4) is 0 Å². The molecule has 1 aromatic carbocycles. The number of imidazole rings is 1. The van der Waals surface area contributed by atoms with Crippen molar-refractivity contribution in [1.82, 2.24) is 24.9 Å². The minimum absolute atomic E-state index is 0.00868. The molecule has 8 nitrogen and oxygen atoms in total. The van der Waals surface area contributed by atoms with Gasteiger partial charge in [-0.25, -0.2) is 19.3 Å². The fourth-order valence-corrected chi connectivity index (χ4v) is 4.34. The number of rotatable bonds is 6. The molecule has 9 heteroatoms. The van der Waals surface area contributed by atoms with Gasteiger partial charge in [0.2, 0.25) is 0 Å². The summed E-state index contributed by atoms with van der Waals surface area (Å²) in [6.45, 7) is 1.72. The first-order chi connectivity index (χ1) is 16.4. The molecule has 0 unspecified atom stereocenters. The number of benzene rings is 1. The number of hydrogen-bond acceptors (Lipinski definition) is 6. The van der Waals surface area contributed by atoms with E-state index in [1.807, 2.05) is 12.1 Å². The van der Waals surface area contributed by atoms with Crippen molar-refractivity contribution < 1.29 is 19.0 Å². The van der Waals surface area contributed by atoms with Gasteiger partial charge in [-0.15, -0.1) is 0 Å². The number of nitrogens with zero attached hydrogens (tertiary/aromatic N) is 4. The van der Waals surface area contributed by atoms with Crippen LogP contribution in [0.1, 0.15) is 37.7 Å². The highest BCUT2D eigenvalue weighted by Crippen LogP contribution is 2.29. The molecule has 1 fully saturated rings. The number of fused-ring (bicyclic) bond motifs is 1. The summed E-state index contributed by atoms with van der Waals surface area (Å²) >= 11 is 0. The molecule has 2 N–H and O–H groups in total.